The zero-order valence-corrected chi connectivity index (χ0v) is 22.2. The van der Waals surface area contributed by atoms with E-state index in [1.54, 1.807) is 13.1 Å². The van der Waals surface area contributed by atoms with Gasteiger partial charge in [0.1, 0.15) is 11.6 Å². The van der Waals surface area contributed by atoms with Gasteiger partial charge in [-0.2, -0.15) is 4.98 Å². The number of carbonyl (C=O) groups excluding carboxylic acids is 1. The molecule has 38 heavy (non-hydrogen) atoms. The molecule has 0 spiro atoms. The van der Waals surface area contributed by atoms with Crippen LogP contribution in [0, 0.1) is 6.92 Å². The minimum absolute atomic E-state index is 0.0765. The highest BCUT2D eigenvalue weighted by atomic mass is 16.2. The van der Waals surface area contributed by atoms with Crippen LogP contribution in [0.4, 0.5) is 17.6 Å². The average Bonchev–Trinajstić information content (AvgIpc) is 2.91. The van der Waals surface area contributed by atoms with E-state index in [-0.39, 0.29) is 11.9 Å². The maximum Gasteiger partial charge on any atom is 0.236 e. The van der Waals surface area contributed by atoms with Crippen LogP contribution in [0.1, 0.15) is 30.7 Å². The van der Waals surface area contributed by atoms with E-state index in [0.717, 1.165) is 40.4 Å². The Balaban J connectivity index is 1.44. The van der Waals surface area contributed by atoms with Crippen molar-refractivity contribution in [2.24, 2.45) is 5.73 Å². The summed E-state index contributed by atoms with van der Waals surface area (Å²) in [6.45, 7) is 6.16. The Hall–Kier alpha value is -4.37. The normalized spacial score (nSPS) is 12.4. The van der Waals surface area contributed by atoms with Gasteiger partial charge in [0.25, 0.3) is 0 Å². The molecule has 0 aliphatic rings. The van der Waals surface area contributed by atoms with E-state index < -0.39 is 6.04 Å². The number of amides is 1. The van der Waals surface area contributed by atoms with Gasteiger partial charge < -0.3 is 21.3 Å². The van der Waals surface area contributed by atoms with Gasteiger partial charge in [0.15, 0.2) is 5.82 Å². The number of hydrogen-bond acceptors (Lipinski definition) is 8. The van der Waals surface area contributed by atoms with Crippen LogP contribution in [0.2, 0.25) is 0 Å². The minimum atomic E-state index is -0.527. The number of rotatable bonds is 10. The third-order valence-electron chi connectivity index (χ3n) is 5.99. The van der Waals surface area contributed by atoms with Gasteiger partial charge >= 0.3 is 0 Å². The molecule has 2 atom stereocenters. The van der Waals surface area contributed by atoms with Crippen molar-refractivity contribution >= 4 is 23.5 Å². The number of nitrogens with zero attached hydrogens (tertiary/aromatic N) is 5. The van der Waals surface area contributed by atoms with Crippen LogP contribution in [0.15, 0.2) is 72.9 Å². The number of anilines is 3. The molecule has 2 heterocycles. The van der Waals surface area contributed by atoms with E-state index in [9.17, 15) is 4.79 Å². The first kappa shape index (κ1) is 26.7. The van der Waals surface area contributed by atoms with Gasteiger partial charge in [0.05, 0.1) is 6.04 Å². The molecule has 1 amide bonds. The molecule has 4 aromatic rings. The zero-order chi connectivity index (χ0) is 27.1. The first-order valence-corrected chi connectivity index (χ1v) is 12.6. The Morgan fingerprint density at radius 2 is 1.71 bits per heavy atom. The number of benzene rings is 2. The SMILES string of the molecule is Cc1cc(N(C)c2ccnc(-c3ccccc3)n2)nc(NC(C)Cc2cccc(CNC(=O)C(C)N)c2)n1. The molecule has 2 unspecified atom stereocenters. The Kier molecular flexibility index (Phi) is 8.60. The van der Waals surface area contributed by atoms with Crippen molar-refractivity contribution in [2.45, 2.75) is 45.8 Å². The average molecular weight is 511 g/mol. The van der Waals surface area contributed by atoms with Crippen molar-refractivity contribution in [1.82, 2.24) is 25.3 Å². The maximum absolute atomic E-state index is 11.8. The van der Waals surface area contributed by atoms with Gasteiger partial charge in [0, 0.05) is 43.2 Å². The summed E-state index contributed by atoms with van der Waals surface area (Å²) in [6.07, 6.45) is 2.52. The lowest BCUT2D eigenvalue weighted by Crippen LogP contribution is -2.37. The summed E-state index contributed by atoms with van der Waals surface area (Å²) >= 11 is 0. The highest BCUT2D eigenvalue weighted by Gasteiger charge is 2.14. The van der Waals surface area contributed by atoms with E-state index in [1.165, 1.54) is 0 Å². The van der Waals surface area contributed by atoms with Crippen LogP contribution in [0.25, 0.3) is 11.4 Å². The Labute approximate surface area is 223 Å². The second-order valence-corrected chi connectivity index (χ2v) is 9.43. The third-order valence-corrected chi connectivity index (χ3v) is 5.99. The van der Waals surface area contributed by atoms with Crippen LogP contribution >= 0.6 is 0 Å². The lowest BCUT2D eigenvalue weighted by atomic mass is 10.0. The first-order chi connectivity index (χ1) is 18.3. The molecule has 4 N–H and O–H groups in total. The Morgan fingerprint density at radius 3 is 2.47 bits per heavy atom. The molecule has 0 saturated heterocycles. The third kappa shape index (κ3) is 7.10. The van der Waals surface area contributed by atoms with E-state index in [4.69, 9.17) is 15.7 Å². The summed E-state index contributed by atoms with van der Waals surface area (Å²) in [7, 11) is 1.93. The van der Waals surface area contributed by atoms with Gasteiger partial charge in [-0.15, -0.1) is 0 Å². The molecular formula is C29H34N8O. The lowest BCUT2D eigenvalue weighted by Gasteiger charge is -2.20. The Morgan fingerprint density at radius 1 is 0.947 bits per heavy atom. The fraction of sp³-hybridized carbons (Fsp3) is 0.276. The van der Waals surface area contributed by atoms with Gasteiger partial charge in [-0.3, -0.25) is 4.79 Å². The van der Waals surface area contributed by atoms with Crippen molar-refractivity contribution in [3.05, 3.63) is 89.7 Å². The van der Waals surface area contributed by atoms with E-state index >= 15 is 0 Å². The highest BCUT2D eigenvalue weighted by Crippen LogP contribution is 2.24. The molecule has 9 heteroatoms. The van der Waals surface area contributed by atoms with Crippen LogP contribution in [0.3, 0.4) is 0 Å². The number of carbonyl (C=O) groups is 1. The van der Waals surface area contributed by atoms with Crippen LogP contribution in [-0.4, -0.2) is 45.0 Å². The van der Waals surface area contributed by atoms with Crippen molar-refractivity contribution in [3.63, 3.8) is 0 Å². The van der Waals surface area contributed by atoms with Crippen molar-refractivity contribution in [2.75, 3.05) is 17.3 Å². The fourth-order valence-corrected chi connectivity index (χ4v) is 4.01. The lowest BCUT2D eigenvalue weighted by molar-refractivity contribution is -0.122. The predicted octanol–water partition coefficient (Wildman–Crippen LogP) is 4.02. The Bertz CT molecular complexity index is 1380. The monoisotopic (exact) mass is 510 g/mol. The highest BCUT2D eigenvalue weighted by molar-refractivity contribution is 5.80. The van der Waals surface area contributed by atoms with Crippen molar-refractivity contribution in [3.8, 4) is 11.4 Å². The van der Waals surface area contributed by atoms with E-state index in [0.29, 0.717) is 18.3 Å². The molecule has 0 aliphatic heterocycles. The quantitative estimate of drug-likeness (QED) is 0.292. The standard InChI is InChI=1S/C29H34N8O/c1-19(15-22-9-8-10-23(17-22)18-32-28(38)21(3)30)33-29-34-20(2)16-26(36-29)37(4)25-13-14-31-27(35-25)24-11-6-5-7-12-24/h5-14,16-17,19,21H,15,18,30H2,1-4H3,(H,32,38)(H,33,34,36). The summed E-state index contributed by atoms with van der Waals surface area (Å²) in [4.78, 5) is 32.2. The topological polar surface area (TPSA) is 122 Å². The molecule has 196 valence electrons. The number of nitrogens with one attached hydrogen (secondary N) is 2. The molecule has 9 nitrogen and oxygen atoms in total. The zero-order valence-electron chi connectivity index (χ0n) is 22.2. The van der Waals surface area contributed by atoms with Gasteiger partial charge in [-0.1, -0.05) is 54.6 Å². The predicted molar refractivity (Wildman–Crippen MR) is 151 cm³/mol. The minimum Gasteiger partial charge on any atom is -0.351 e. The summed E-state index contributed by atoms with van der Waals surface area (Å²) in [5.41, 5.74) is 9.61. The van der Waals surface area contributed by atoms with Crippen molar-refractivity contribution < 1.29 is 4.79 Å². The summed E-state index contributed by atoms with van der Waals surface area (Å²) in [5.74, 6) is 2.52. The van der Waals surface area contributed by atoms with E-state index in [1.807, 2.05) is 73.5 Å². The molecule has 0 bridgehead atoms. The van der Waals surface area contributed by atoms with E-state index in [2.05, 4.69) is 39.7 Å². The molecule has 4 rings (SSSR count). The number of aryl methyl sites for hydroxylation is 1. The molecule has 0 fully saturated rings. The second kappa shape index (κ2) is 12.2. The molecule has 2 aromatic heterocycles. The fourth-order valence-electron chi connectivity index (χ4n) is 4.01. The van der Waals surface area contributed by atoms with Gasteiger partial charge in [-0.25, -0.2) is 15.0 Å². The molecule has 0 radical (unpaired) electrons. The van der Waals surface area contributed by atoms with Gasteiger partial charge in [-0.05, 0) is 44.4 Å². The number of hydrogen-bond donors (Lipinski definition) is 3. The summed E-state index contributed by atoms with van der Waals surface area (Å²) < 4.78 is 0. The van der Waals surface area contributed by atoms with Crippen LogP contribution in [0.5, 0.6) is 0 Å². The summed E-state index contributed by atoms with van der Waals surface area (Å²) in [6, 6.07) is 21.4. The van der Waals surface area contributed by atoms with Crippen LogP contribution < -0.4 is 21.3 Å². The van der Waals surface area contributed by atoms with Crippen LogP contribution in [-0.2, 0) is 17.8 Å². The van der Waals surface area contributed by atoms with Crippen molar-refractivity contribution in [1.29, 1.82) is 0 Å². The smallest absolute Gasteiger partial charge is 0.236 e. The largest absolute Gasteiger partial charge is 0.351 e. The maximum atomic E-state index is 11.8. The van der Waals surface area contributed by atoms with Gasteiger partial charge in [0.2, 0.25) is 11.9 Å². The summed E-state index contributed by atoms with van der Waals surface area (Å²) in [5, 5.41) is 6.29. The molecule has 0 saturated carbocycles. The second-order valence-electron chi connectivity index (χ2n) is 9.43. The molecular weight excluding hydrogens is 476 g/mol. The first-order valence-electron chi connectivity index (χ1n) is 12.6. The number of nitrogens with two attached hydrogens (primary N) is 1. The molecule has 2 aromatic carbocycles. The molecule has 0 aliphatic carbocycles. The number of aromatic nitrogens is 4.